The second kappa shape index (κ2) is 6.32. The molecule has 17 heavy (non-hydrogen) atoms. The number of hydrogen-bond donors (Lipinski definition) is 2. The Kier molecular flexibility index (Phi) is 5.06. The second-order valence-electron chi connectivity index (χ2n) is 3.89. The molecule has 0 aromatic heterocycles. The molecule has 0 aliphatic carbocycles. The molecule has 0 radical (unpaired) electrons. The van der Waals surface area contributed by atoms with E-state index in [0.29, 0.717) is 6.42 Å². The highest BCUT2D eigenvalue weighted by Gasteiger charge is 2.19. The van der Waals surface area contributed by atoms with Crippen LogP contribution in [0.2, 0.25) is 0 Å². The zero-order valence-electron chi connectivity index (χ0n) is 9.81. The van der Waals surface area contributed by atoms with Gasteiger partial charge in [-0.05, 0) is 24.1 Å². The number of carbonyl (C=O) groups is 1. The first-order chi connectivity index (χ1) is 8.08. The van der Waals surface area contributed by atoms with Crippen LogP contribution in [0.4, 0.5) is 4.39 Å². The van der Waals surface area contributed by atoms with Crippen molar-refractivity contribution in [1.82, 2.24) is 5.48 Å². The van der Waals surface area contributed by atoms with Crippen molar-refractivity contribution in [3.05, 3.63) is 35.6 Å². The molecular weight excluding hydrogens is 225 g/mol. The van der Waals surface area contributed by atoms with E-state index in [0.717, 1.165) is 5.56 Å². The Bertz CT molecular complexity index is 367. The summed E-state index contributed by atoms with van der Waals surface area (Å²) in [6.45, 7) is 1.68. The van der Waals surface area contributed by atoms with Crippen molar-refractivity contribution >= 4 is 5.91 Å². The minimum Gasteiger partial charge on any atom is -0.377 e. The predicted molar refractivity (Wildman–Crippen MR) is 59.9 cm³/mol. The molecule has 0 saturated heterocycles. The number of rotatable bonds is 5. The Hall–Kier alpha value is -1.46. The smallest absolute Gasteiger partial charge is 0.246 e. The van der Waals surface area contributed by atoms with Gasteiger partial charge in [0.15, 0.2) is 0 Å². The van der Waals surface area contributed by atoms with Crippen molar-refractivity contribution in [2.45, 2.75) is 19.4 Å². The average Bonchev–Trinajstić information content (AvgIpc) is 2.35. The minimum absolute atomic E-state index is 0.303. The van der Waals surface area contributed by atoms with Crippen LogP contribution in [-0.2, 0) is 9.53 Å². The number of hydrogen-bond acceptors (Lipinski definition) is 3. The molecule has 1 aromatic rings. The standard InChI is InChI=1S/C12H16FNO3/c1-8(12(15)14-16)7-11(17-2)9-3-5-10(13)6-4-9/h3-6,8,11,16H,7H2,1-2H3,(H,14,15). The number of hydroxylamine groups is 1. The van der Waals surface area contributed by atoms with Crippen LogP contribution in [0.3, 0.4) is 0 Å². The number of nitrogens with one attached hydrogen (secondary N) is 1. The van der Waals surface area contributed by atoms with Gasteiger partial charge in [-0.1, -0.05) is 19.1 Å². The van der Waals surface area contributed by atoms with Crippen molar-refractivity contribution < 1.29 is 19.1 Å². The minimum atomic E-state index is -0.464. The molecule has 5 heteroatoms. The zero-order valence-corrected chi connectivity index (χ0v) is 9.81. The van der Waals surface area contributed by atoms with Gasteiger partial charge in [-0.25, -0.2) is 9.87 Å². The van der Waals surface area contributed by atoms with Gasteiger partial charge in [0.1, 0.15) is 5.82 Å². The highest BCUT2D eigenvalue weighted by molar-refractivity contribution is 5.76. The summed E-state index contributed by atoms with van der Waals surface area (Å²) < 4.78 is 18.0. The first-order valence-corrected chi connectivity index (χ1v) is 5.30. The summed E-state index contributed by atoms with van der Waals surface area (Å²) in [6, 6.07) is 5.93. The molecule has 4 nitrogen and oxygen atoms in total. The van der Waals surface area contributed by atoms with E-state index in [2.05, 4.69) is 0 Å². The molecule has 2 atom stereocenters. The molecule has 0 spiro atoms. The molecule has 0 saturated carbocycles. The van der Waals surface area contributed by atoms with Crippen LogP contribution >= 0.6 is 0 Å². The topological polar surface area (TPSA) is 58.6 Å². The summed E-state index contributed by atoms with van der Waals surface area (Å²) in [5, 5.41) is 8.51. The summed E-state index contributed by atoms with van der Waals surface area (Å²) in [4.78, 5) is 11.2. The van der Waals surface area contributed by atoms with E-state index >= 15 is 0 Å². The molecule has 0 bridgehead atoms. The number of ether oxygens (including phenoxy) is 1. The van der Waals surface area contributed by atoms with Gasteiger partial charge in [0.05, 0.1) is 6.10 Å². The SMILES string of the molecule is COC(CC(C)C(=O)NO)c1ccc(F)cc1. The van der Waals surface area contributed by atoms with Crippen LogP contribution in [0.5, 0.6) is 0 Å². The monoisotopic (exact) mass is 241 g/mol. The third-order valence-corrected chi connectivity index (χ3v) is 2.65. The van der Waals surface area contributed by atoms with Crippen LogP contribution < -0.4 is 5.48 Å². The van der Waals surface area contributed by atoms with Crippen molar-refractivity contribution in [2.24, 2.45) is 5.92 Å². The van der Waals surface area contributed by atoms with E-state index in [9.17, 15) is 9.18 Å². The van der Waals surface area contributed by atoms with Crippen molar-refractivity contribution in [3.63, 3.8) is 0 Å². The Morgan fingerprint density at radius 1 is 1.47 bits per heavy atom. The highest BCUT2D eigenvalue weighted by Crippen LogP contribution is 2.24. The average molecular weight is 241 g/mol. The first-order valence-electron chi connectivity index (χ1n) is 5.30. The molecule has 0 aliphatic heterocycles. The van der Waals surface area contributed by atoms with E-state index in [1.807, 2.05) is 0 Å². The van der Waals surface area contributed by atoms with Crippen LogP contribution in [0.25, 0.3) is 0 Å². The van der Waals surface area contributed by atoms with Crippen LogP contribution in [-0.4, -0.2) is 18.2 Å². The summed E-state index contributed by atoms with van der Waals surface area (Å²) in [6.07, 6.45) is 0.108. The summed E-state index contributed by atoms with van der Waals surface area (Å²) in [5.74, 6) is -1.17. The third kappa shape index (κ3) is 3.80. The Balaban J connectivity index is 2.71. The lowest BCUT2D eigenvalue weighted by atomic mass is 9.97. The Morgan fingerprint density at radius 2 is 2.06 bits per heavy atom. The van der Waals surface area contributed by atoms with Crippen LogP contribution in [0, 0.1) is 11.7 Å². The Morgan fingerprint density at radius 3 is 2.53 bits per heavy atom. The van der Waals surface area contributed by atoms with Gasteiger partial charge in [0.2, 0.25) is 5.91 Å². The lowest BCUT2D eigenvalue weighted by molar-refractivity contribution is -0.134. The van der Waals surface area contributed by atoms with E-state index in [-0.39, 0.29) is 11.9 Å². The first kappa shape index (κ1) is 13.6. The van der Waals surface area contributed by atoms with E-state index in [1.165, 1.54) is 19.2 Å². The van der Waals surface area contributed by atoms with Gasteiger partial charge in [0, 0.05) is 13.0 Å². The van der Waals surface area contributed by atoms with Crippen LogP contribution in [0.15, 0.2) is 24.3 Å². The molecule has 2 unspecified atom stereocenters. The van der Waals surface area contributed by atoms with E-state index < -0.39 is 11.8 Å². The van der Waals surface area contributed by atoms with Gasteiger partial charge < -0.3 is 4.74 Å². The predicted octanol–water partition coefficient (Wildman–Crippen LogP) is 2.04. The lowest BCUT2D eigenvalue weighted by Gasteiger charge is -2.19. The van der Waals surface area contributed by atoms with E-state index in [4.69, 9.17) is 9.94 Å². The molecule has 0 heterocycles. The van der Waals surface area contributed by atoms with Gasteiger partial charge in [-0.3, -0.25) is 10.0 Å². The largest absolute Gasteiger partial charge is 0.377 e. The van der Waals surface area contributed by atoms with Crippen LogP contribution in [0.1, 0.15) is 25.0 Å². The number of carbonyl (C=O) groups excluding carboxylic acids is 1. The third-order valence-electron chi connectivity index (χ3n) is 2.65. The fourth-order valence-corrected chi connectivity index (χ4v) is 1.58. The maximum Gasteiger partial charge on any atom is 0.246 e. The quantitative estimate of drug-likeness (QED) is 0.612. The maximum absolute atomic E-state index is 12.8. The van der Waals surface area contributed by atoms with Gasteiger partial charge in [-0.2, -0.15) is 0 Å². The molecule has 1 rings (SSSR count). The molecule has 1 aromatic carbocycles. The molecule has 0 aliphatic rings. The second-order valence-corrected chi connectivity index (χ2v) is 3.89. The number of amides is 1. The van der Waals surface area contributed by atoms with Gasteiger partial charge >= 0.3 is 0 Å². The summed E-state index contributed by atoms with van der Waals surface area (Å²) >= 11 is 0. The maximum atomic E-state index is 12.8. The number of benzene rings is 1. The molecular formula is C12H16FNO3. The van der Waals surface area contributed by atoms with Crippen molar-refractivity contribution in [1.29, 1.82) is 0 Å². The normalized spacial score (nSPS) is 14.1. The van der Waals surface area contributed by atoms with Crippen molar-refractivity contribution in [2.75, 3.05) is 7.11 Å². The Labute approximate surface area is 99.4 Å². The highest BCUT2D eigenvalue weighted by atomic mass is 19.1. The zero-order chi connectivity index (χ0) is 12.8. The molecule has 94 valence electrons. The van der Waals surface area contributed by atoms with Crippen molar-refractivity contribution in [3.8, 4) is 0 Å². The number of halogens is 1. The van der Waals surface area contributed by atoms with E-state index in [1.54, 1.807) is 24.5 Å². The summed E-state index contributed by atoms with van der Waals surface area (Å²) in [7, 11) is 1.53. The molecule has 0 fully saturated rings. The number of methoxy groups -OCH3 is 1. The fraction of sp³-hybridized carbons (Fsp3) is 0.417. The fourth-order valence-electron chi connectivity index (χ4n) is 1.58. The van der Waals surface area contributed by atoms with Gasteiger partial charge in [0.25, 0.3) is 0 Å². The lowest BCUT2D eigenvalue weighted by Crippen LogP contribution is -2.27. The van der Waals surface area contributed by atoms with Gasteiger partial charge in [-0.15, -0.1) is 0 Å². The summed E-state index contributed by atoms with van der Waals surface area (Å²) in [5.41, 5.74) is 2.40. The molecule has 1 amide bonds. The molecule has 2 N–H and O–H groups in total.